The van der Waals surface area contributed by atoms with Crippen molar-refractivity contribution in [2.75, 3.05) is 0 Å². The molecule has 10 heteroatoms. The maximum Gasteiger partial charge on any atom is 0.460 e. The van der Waals surface area contributed by atoms with E-state index in [0.717, 1.165) is 0 Å². The van der Waals surface area contributed by atoms with E-state index in [-0.39, 0.29) is 18.0 Å². The topological polar surface area (TPSA) is 12.9 Å². The summed E-state index contributed by atoms with van der Waals surface area (Å²) in [6.07, 6.45) is -6.78. The molecule has 1 aromatic heterocycles. The fourth-order valence-electron chi connectivity index (χ4n) is 1.17. The minimum atomic E-state index is -6.91. The van der Waals surface area contributed by atoms with Crippen molar-refractivity contribution in [1.29, 1.82) is 0 Å². The molecule has 0 saturated heterocycles. The first-order chi connectivity index (χ1) is 8.75. The molecular formula is C10H5F9N. The average Bonchev–Trinajstić information content (AvgIpc) is 2.27. The molecule has 0 spiro atoms. The zero-order chi connectivity index (χ0) is 16.0. The van der Waals surface area contributed by atoms with E-state index in [2.05, 4.69) is 11.9 Å². The van der Waals surface area contributed by atoms with Crippen molar-refractivity contribution in [2.24, 2.45) is 0 Å². The SMILES string of the molecule is [CH2]c1ccc(C(F)(F)C(F)(F)C(F)(F)C(F)(F)F)cn1. The van der Waals surface area contributed by atoms with Crippen molar-refractivity contribution in [2.45, 2.75) is 23.9 Å². The molecule has 1 radical (unpaired) electrons. The van der Waals surface area contributed by atoms with E-state index in [9.17, 15) is 39.5 Å². The molecule has 0 aliphatic carbocycles. The van der Waals surface area contributed by atoms with E-state index in [1.165, 1.54) is 0 Å². The van der Waals surface area contributed by atoms with E-state index in [4.69, 9.17) is 0 Å². The second kappa shape index (κ2) is 4.52. The van der Waals surface area contributed by atoms with Crippen LogP contribution in [0.25, 0.3) is 0 Å². The summed E-state index contributed by atoms with van der Waals surface area (Å²) in [5, 5.41) is 0. The van der Waals surface area contributed by atoms with Crippen LogP contribution >= 0.6 is 0 Å². The third kappa shape index (κ3) is 2.31. The van der Waals surface area contributed by atoms with Crippen molar-refractivity contribution in [3.8, 4) is 0 Å². The highest BCUT2D eigenvalue weighted by atomic mass is 19.4. The number of alkyl halides is 9. The summed E-state index contributed by atoms with van der Waals surface area (Å²) in [5.74, 6) is -19.4. The van der Waals surface area contributed by atoms with Gasteiger partial charge in [-0.15, -0.1) is 0 Å². The van der Waals surface area contributed by atoms with Gasteiger partial charge in [0.15, 0.2) is 0 Å². The molecule has 0 atom stereocenters. The van der Waals surface area contributed by atoms with Crippen LogP contribution < -0.4 is 0 Å². The van der Waals surface area contributed by atoms with Crippen LogP contribution in [0.5, 0.6) is 0 Å². The summed E-state index contributed by atoms with van der Waals surface area (Å²) < 4.78 is 113. The van der Waals surface area contributed by atoms with Gasteiger partial charge < -0.3 is 0 Å². The molecule has 1 nitrogen and oxygen atoms in total. The molecule has 113 valence electrons. The Labute approximate surface area is 106 Å². The number of rotatable bonds is 3. The van der Waals surface area contributed by atoms with Crippen molar-refractivity contribution in [1.82, 2.24) is 4.98 Å². The van der Waals surface area contributed by atoms with E-state index in [1.807, 2.05) is 0 Å². The summed E-state index contributed by atoms with van der Waals surface area (Å²) in [6.45, 7) is 3.12. The molecule has 0 unspecified atom stereocenters. The van der Waals surface area contributed by atoms with Gasteiger partial charge in [-0.05, 0) is 19.1 Å². The van der Waals surface area contributed by atoms with Gasteiger partial charge in [0.2, 0.25) is 0 Å². The molecule has 0 bridgehead atoms. The van der Waals surface area contributed by atoms with Crippen LogP contribution in [0.1, 0.15) is 11.3 Å². The summed E-state index contributed by atoms with van der Waals surface area (Å²) in [6, 6.07) is 0.917. The predicted octanol–water partition coefficient (Wildman–Crippen LogP) is 4.19. The lowest BCUT2D eigenvalue weighted by atomic mass is 9.98. The lowest BCUT2D eigenvalue weighted by Gasteiger charge is -2.33. The minimum Gasteiger partial charge on any atom is -0.261 e. The van der Waals surface area contributed by atoms with Crippen LogP contribution in [0.4, 0.5) is 39.5 Å². The second-order valence-corrected chi connectivity index (χ2v) is 3.76. The molecule has 0 N–H and O–H groups in total. The van der Waals surface area contributed by atoms with Crippen LogP contribution in [0.15, 0.2) is 18.3 Å². The van der Waals surface area contributed by atoms with Gasteiger partial charge >= 0.3 is 23.9 Å². The Kier molecular flexibility index (Phi) is 3.75. The Bertz CT molecular complexity index is 474. The number of nitrogens with zero attached hydrogens (tertiary/aromatic N) is 1. The van der Waals surface area contributed by atoms with Crippen LogP contribution in [0.3, 0.4) is 0 Å². The maximum absolute atomic E-state index is 13.3. The Morgan fingerprint density at radius 3 is 1.65 bits per heavy atom. The third-order valence-electron chi connectivity index (χ3n) is 2.33. The Morgan fingerprint density at radius 2 is 1.30 bits per heavy atom. The number of hydrogen-bond donors (Lipinski definition) is 0. The molecule has 0 aliphatic rings. The highest BCUT2D eigenvalue weighted by molar-refractivity contribution is 5.24. The van der Waals surface area contributed by atoms with Gasteiger partial charge in [-0.1, -0.05) is 0 Å². The number of pyridine rings is 1. The van der Waals surface area contributed by atoms with Gasteiger partial charge in [-0.25, -0.2) is 0 Å². The van der Waals surface area contributed by atoms with Gasteiger partial charge in [0.05, 0.1) is 0 Å². The number of hydrogen-bond acceptors (Lipinski definition) is 1. The highest BCUT2D eigenvalue weighted by Gasteiger charge is 2.82. The fourth-order valence-corrected chi connectivity index (χ4v) is 1.17. The van der Waals surface area contributed by atoms with Gasteiger partial charge in [-0.2, -0.15) is 39.5 Å². The summed E-state index contributed by atoms with van der Waals surface area (Å²) in [7, 11) is 0. The standard InChI is InChI=1S/C10H5F9N/c1-5-2-3-6(4-20-5)7(11,12)8(13,14)9(15,16)10(17,18)19/h2-4H,1H2. The van der Waals surface area contributed by atoms with Crippen LogP contribution in [0.2, 0.25) is 0 Å². The molecule has 0 aromatic carbocycles. The molecule has 0 amide bonds. The first-order valence-corrected chi connectivity index (χ1v) is 4.74. The fraction of sp³-hybridized carbons (Fsp3) is 0.400. The summed E-state index contributed by atoms with van der Waals surface area (Å²) >= 11 is 0. The largest absolute Gasteiger partial charge is 0.460 e. The third-order valence-corrected chi connectivity index (χ3v) is 2.33. The summed E-state index contributed by atoms with van der Waals surface area (Å²) in [5.41, 5.74) is -1.94. The molecule has 20 heavy (non-hydrogen) atoms. The van der Waals surface area contributed by atoms with Crippen LogP contribution in [0, 0.1) is 6.92 Å². The number of aromatic nitrogens is 1. The quantitative estimate of drug-likeness (QED) is 0.763. The van der Waals surface area contributed by atoms with Crippen molar-refractivity contribution < 1.29 is 39.5 Å². The van der Waals surface area contributed by atoms with Crippen LogP contribution in [-0.2, 0) is 5.92 Å². The average molecular weight is 310 g/mol. The smallest absolute Gasteiger partial charge is 0.261 e. The second-order valence-electron chi connectivity index (χ2n) is 3.76. The van der Waals surface area contributed by atoms with E-state index in [0.29, 0.717) is 6.07 Å². The van der Waals surface area contributed by atoms with Gasteiger partial charge in [0, 0.05) is 17.5 Å². The first kappa shape index (κ1) is 16.6. The number of halogens is 9. The molecule has 1 heterocycles. The monoisotopic (exact) mass is 310 g/mol. The zero-order valence-electron chi connectivity index (χ0n) is 9.29. The predicted molar refractivity (Wildman–Crippen MR) is 48.5 cm³/mol. The van der Waals surface area contributed by atoms with E-state index < -0.39 is 29.5 Å². The zero-order valence-corrected chi connectivity index (χ0v) is 9.29. The lowest BCUT2D eigenvalue weighted by molar-refractivity contribution is -0.399. The van der Waals surface area contributed by atoms with E-state index >= 15 is 0 Å². The normalized spacial score (nSPS) is 14.5. The molecule has 0 fully saturated rings. The lowest BCUT2D eigenvalue weighted by Crippen LogP contribution is -2.59. The van der Waals surface area contributed by atoms with Crippen molar-refractivity contribution >= 4 is 0 Å². The van der Waals surface area contributed by atoms with Gasteiger partial charge in [-0.3, -0.25) is 4.98 Å². The van der Waals surface area contributed by atoms with Crippen molar-refractivity contribution in [3.05, 3.63) is 36.5 Å². The Balaban J connectivity index is 3.35. The van der Waals surface area contributed by atoms with E-state index in [1.54, 1.807) is 0 Å². The molecule has 1 rings (SSSR count). The minimum absolute atomic E-state index is 0.0582. The van der Waals surface area contributed by atoms with Crippen LogP contribution in [-0.4, -0.2) is 23.0 Å². The summed E-state index contributed by atoms with van der Waals surface area (Å²) in [4.78, 5) is 3.05. The van der Waals surface area contributed by atoms with Crippen molar-refractivity contribution in [3.63, 3.8) is 0 Å². The Hall–Kier alpha value is -1.48. The molecule has 1 aromatic rings. The van der Waals surface area contributed by atoms with Gasteiger partial charge in [0.25, 0.3) is 0 Å². The first-order valence-electron chi connectivity index (χ1n) is 4.74. The molecular weight excluding hydrogens is 305 g/mol. The Morgan fingerprint density at radius 1 is 0.800 bits per heavy atom. The highest BCUT2D eigenvalue weighted by Crippen LogP contribution is 2.56. The molecule has 0 saturated carbocycles. The molecule has 0 aliphatic heterocycles. The maximum atomic E-state index is 13.3. The van der Waals surface area contributed by atoms with Gasteiger partial charge in [0.1, 0.15) is 0 Å².